The SMILES string of the molecule is Cc1cccc2c1C(C(=O)N1CCCC1)CC2=O. The standard InChI is InChI=1S/C15H17NO2/c1-10-5-4-6-11-13(17)9-12(14(10)11)15(18)16-7-2-3-8-16/h4-6,12H,2-3,7-9H2,1H3. The highest BCUT2D eigenvalue weighted by atomic mass is 16.2. The summed E-state index contributed by atoms with van der Waals surface area (Å²) >= 11 is 0. The number of carbonyl (C=O) groups excluding carboxylic acids is 2. The summed E-state index contributed by atoms with van der Waals surface area (Å²) in [5.74, 6) is 0.0342. The molecule has 3 heteroatoms. The number of amides is 1. The average molecular weight is 243 g/mol. The predicted octanol–water partition coefficient (Wildman–Crippen LogP) is 2.29. The largest absolute Gasteiger partial charge is 0.342 e. The molecule has 1 aromatic carbocycles. The predicted molar refractivity (Wildman–Crippen MR) is 68.7 cm³/mol. The van der Waals surface area contributed by atoms with Crippen molar-refractivity contribution in [3.63, 3.8) is 0 Å². The molecule has 1 unspecified atom stereocenters. The summed E-state index contributed by atoms with van der Waals surface area (Å²) in [6.45, 7) is 3.69. The van der Waals surface area contributed by atoms with Gasteiger partial charge >= 0.3 is 0 Å². The molecule has 1 aliphatic carbocycles. The normalized spacial score (nSPS) is 22.4. The van der Waals surface area contributed by atoms with Crippen molar-refractivity contribution in [1.29, 1.82) is 0 Å². The fourth-order valence-corrected chi connectivity index (χ4v) is 3.15. The zero-order valence-corrected chi connectivity index (χ0v) is 10.6. The lowest BCUT2D eigenvalue weighted by atomic mass is 9.95. The zero-order chi connectivity index (χ0) is 12.7. The molecule has 0 spiro atoms. The molecule has 0 bridgehead atoms. The lowest BCUT2D eigenvalue weighted by Gasteiger charge is -2.21. The zero-order valence-electron chi connectivity index (χ0n) is 10.6. The van der Waals surface area contributed by atoms with Crippen LogP contribution in [0.25, 0.3) is 0 Å². The average Bonchev–Trinajstić information content (AvgIpc) is 2.98. The highest BCUT2D eigenvalue weighted by Gasteiger charge is 2.37. The number of rotatable bonds is 1. The summed E-state index contributed by atoms with van der Waals surface area (Å²) in [5, 5.41) is 0. The number of ketones is 1. The van der Waals surface area contributed by atoms with E-state index in [-0.39, 0.29) is 17.6 Å². The van der Waals surface area contributed by atoms with Gasteiger partial charge in [-0.1, -0.05) is 18.2 Å². The summed E-state index contributed by atoms with van der Waals surface area (Å²) in [5.41, 5.74) is 2.79. The Morgan fingerprint density at radius 1 is 1.28 bits per heavy atom. The maximum absolute atomic E-state index is 12.5. The maximum atomic E-state index is 12.5. The Morgan fingerprint density at radius 2 is 2.00 bits per heavy atom. The van der Waals surface area contributed by atoms with E-state index in [0.29, 0.717) is 6.42 Å². The van der Waals surface area contributed by atoms with Crippen molar-refractivity contribution in [1.82, 2.24) is 4.90 Å². The Labute approximate surface area is 107 Å². The van der Waals surface area contributed by atoms with Crippen molar-refractivity contribution in [2.75, 3.05) is 13.1 Å². The van der Waals surface area contributed by atoms with Gasteiger partial charge in [-0.05, 0) is 30.9 Å². The maximum Gasteiger partial charge on any atom is 0.230 e. The number of nitrogens with zero attached hydrogens (tertiary/aromatic N) is 1. The number of aryl methyl sites for hydroxylation is 1. The van der Waals surface area contributed by atoms with Crippen LogP contribution >= 0.6 is 0 Å². The number of Topliss-reactive ketones (excluding diaryl/α,β-unsaturated/α-hetero) is 1. The van der Waals surface area contributed by atoms with Crippen LogP contribution in [0.3, 0.4) is 0 Å². The van der Waals surface area contributed by atoms with Gasteiger partial charge in [-0.3, -0.25) is 9.59 Å². The third-order valence-corrected chi connectivity index (χ3v) is 4.08. The Bertz CT molecular complexity index is 515. The first-order valence-corrected chi connectivity index (χ1v) is 6.60. The number of carbonyl (C=O) groups is 2. The first-order chi connectivity index (χ1) is 8.68. The van der Waals surface area contributed by atoms with E-state index in [1.165, 1.54) is 0 Å². The number of hydrogen-bond donors (Lipinski definition) is 0. The molecular formula is C15H17NO2. The first-order valence-electron chi connectivity index (χ1n) is 6.60. The van der Waals surface area contributed by atoms with Crippen LogP contribution in [0, 0.1) is 6.92 Å². The quantitative estimate of drug-likeness (QED) is 0.759. The molecule has 1 aromatic rings. The fraction of sp³-hybridized carbons (Fsp3) is 0.467. The van der Waals surface area contributed by atoms with Crippen LogP contribution in [0.5, 0.6) is 0 Å². The van der Waals surface area contributed by atoms with Gasteiger partial charge in [0.1, 0.15) is 0 Å². The monoisotopic (exact) mass is 243 g/mol. The third kappa shape index (κ3) is 1.65. The van der Waals surface area contributed by atoms with E-state index in [4.69, 9.17) is 0 Å². The Hall–Kier alpha value is -1.64. The van der Waals surface area contributed by atoms with Crippen molar-refractivity contribution >= 4 is 11.7 Å². The number of likely N-dealkylation sites (tertiary alicyclic amines) is 1. The second kappa shape index (κ2) is 4.23. The summed E-state index contributed by atoms with van der Waals surface area (Å²) in [4.78, 5) is 26.4. The minimum Gasteiger partial charge on any atom is -0.342 e. The first kappa shape index (κ1) is 11.5. The molecule has 0 aromatic heterocycles. The van der Waals surface area contributed by atoms with Gasteiger partial charge in [-0.2, -0.15) is 0 Å². The molecule has 1 saturated heterocycles. The second-order valence-electron chi connectivity index (χ2n) is 5.25. The Morgan fingerprint density at radius 3 is 2.72 bits per heavy atom. The molecule has 0 radical (unpaired) electrons. The van der Waals surface area contributed by atoms with E-state index < -0.39 is 0 Å². The summed E-state index contributed by atoms with van der Waals surface area (Å²) in [6.07, 6.45) is 2.54. The molecule has 2 aliphatic rings. The minimum atomic E-state index is -0.230. The van der Waals surface area contributed by atoms with Crippen molar-refractivity contribution in [3.05, 3.63) is 34.9 Å². The number of benzene rings is 1. The Balaban J connectivity index is 1.97. The highest BCUT2D eigenvalue weighted by Crippen LogP contribution is 2.37. The van der Waals surface area contributed by atoms with Crippen molar-refractivity contribution in [3.8, 4) is 0 Å². The van der Waals surface area contributed by atoms with Gasteiger partial charge in [0.15, 0.2) is 5.78 Å². The van der Waals surface area contributed by atoms with Crippen LogP contribution in [0.15, 0.2) is 18.2 Å². The van der Waals surface area contributed by atoms with Gasteiger partial charge in [-0.15, -0.1) is 0 Å². The van der Waals surface area contributed by atoms with Gasteiger partial charge in [0.2, 0.25) is 5.91 Å². The van der Waals surface area contributed by atoms with Crippen LogP contribution in [0.1, 0.15) is 46.7 Å². The highest BCUT2D eigenvalue weighted by molar-refractivity contribution is 6.07. The third-order valence-electron chi connectivity index (χ3n) is 4.08. The smallest absolute Gasteiger partial charge is 0.230 e. The van der Waals surface area contributed by atoms with E-state index >= 15 is 0 Å². The van der Waals surface area contributed by atoms with Crippen LogP contribution in [0.4, 0.5) is 0 Å². The van der Waals surface area contributed by atoms with Crippen LogP contribution in [-0.4, -0.2) is 29.7 Å². The molecule has 1 aliphatic heterocycles. The molecule has 94 valence electrons. The van der Waals surface area contributed by atoms with Gasteiger partial charge in [0.25, 0.3) is 0 Å². The summed E-state index contributed by atoms with van der Waals surface area (Å²) in [6, 6.07) is 5.73. The molecule has 1 fully saturated rings. The second-order valence-corrected chi connectivity index (χ2v) is 5.25. The topological polar surface area (TPSA) is 37.4 Å². The number of hydrogen-bond acceptors (Lipinski definition) is 2. The van der Waals surface area contributed by atoms with Crippen LogP contribution < -0.4 is 0 Å². The molecule has 18 heavy (non-hydrogen) atoms. The van der Waals surface area contributed by atoms with E-state index in [1.54, 1.807) is 0 Å². The van der Waals surface area contributed by atoms with Crippen molar-refractivity contribution in [2.24, 2.45) is 0 Å². The minimum absolute atomic E-state index is 0.117. The van der Waals surface area contributed by atoms with Gasteiger partial charge in [0, 0.05) is 25.1 Å². The lowest BCUT2D eigenvalue weighted by molar-refractivity contribution is -0.131. The van der Waals surface area contributed by atoms with Crippen molar-refractivity contribution < 1.29 is 9.59 Å². The lowest BCUT2D eigenvalue weighted by Crippen LogP contribution is -2.32. The van der Waals surface area contributed by atoms with Crippen molar-refractivity contribution in [2.45, 2.75) is 32.1 Å². The molecule has 3 nitrogen and oxygen atoms in total. The van der Waals surface area contributed by atoms with E-state index in [2.05, 4.69) is 0 Å². The van der Waals surface area contributed by atoms with Gasteiger partial charge in [0.05, 0.1) is 5.92 Å². The molecule has 1 atom stereocenters. The fourth-order valence-electron chi connectivity index (χ4n) is 3.15. The summed E-state index contributed by atoms with van der Waals surface area (Å²) < 4.78 is 0. The molecule has 0 saturated carbocycles. The van der Waals surface area contributed by atoms with E-state index in [9.17, 15) is 9.59 Å². The van der Waals surface area contributed by atoms with E-state index in [1.807, 2.05) is 30.0 Å². The molecule has 1 amide bonds. The molecular weight excluding hydrogens is 226 g/mol. The molecule has 1 heterocycles. The van der Waals surface area contributed by atoms with Gasteiger partial charge in [-0.25, -0.2) is 0 Å². The van der Waals surface area contributed by atoms with Crippen LogP contribution in [0.2, 0.25) is 0 Å². The Kier molecular flexibility index (Phi) is 2.69. The van der Waals surface area contributed by atoms with Crippen LogP contribution in [-0.2, 0) is 4.79 Å². The van der Waals surface area contributed by atoms with Gasteiger partial charge < -0.3 is 4.90 Å². The van der Waals surface area contributed by atoms with E-state index in [0.717, 1.165) is 42.6 Å². The number of fused-ring (bicyclic) bond motifs is 1. The molecule has 0 N–H and O–H groups in total. The molecule has 3 rings (SSSR count). The summed E-state index contributed by atoms with van der Waals surface area (Å²) in [7, 11) is 0.